The van der Waals surface area contributed by atoms with E-state index in [2.05, 4.69) is 4.90 Å². The molecule has 1 rings (SSSR count). The quantitative estimate of drug-likeness (QED) is 0.635. The van der Waals surface area contributed by atoms with Crippen molar-refractivity contribution in [3.8, 4) is 0 Å². The standard InChI is InChI=1S/C9H19NO2/c1-3-8(11)5-10-4-7(2)9(12)6-10/h7-9,11-12H,3-6H2,1-2H3/t7?,8-,9?/m0/s1. The van der Waals surface area contributed by atoms with Crippen LogP contribution in [0.3, 0.4) is 0 Å². The third-order valence-corrected chi connectivity index (χ3v) is 2.59. The molecule has 1 saturated heterocycles. The largest absolute Gasteiger partial charge is 0.392 e. The van der Waals surface area contributed by atoms with Gasteiger partial charge in [-0.2, -0.15) is 0 Å². The first-order chi connectivity index (χ1) is 5.63. The molecule has 3 atom stereocenters. The third-order valence-electron chi connectivity index (χ3n) is 2.59. The Morgan fingerprint density at radius 3 is 2.58 bits per heavy atom. The summed E-state index contributed by atoms with van der Waals surface area (Å²) >= 11 is 0. The van der Waals surface area contributed by atoms with E-state index in [-0.39, 0.29) is 12.2 Å². The Morgan fingerprint density at radius 2 is 2.17 bits per heavy atom. The molecule has 0 aromatic rings. The number of hydrogen-bond acceptors (Lipinski definition) is 3. The van der Waals surface area contributed by atoms with Crippen molar-refractivity contribution in [3.05, 3.63) is 0 Å². The highest BCUT2D eigenvalue weighted by Gasteiger charge is 2.28. The first kappa shape index (κ1) is 9.96. The fourth-order valence-corrected chi connectivity index (χ4v) is 1.62. The molecular formula is C9H19NO2. The zero-order valence-electron chi connectivity index (χ0n) is 7.90. The zero-order chi connectivity index (χ0) is 9.14. The van der Waals surface area contributed by atoms with Crippen LogP contribution in [0.1, 0.15) is 20.3 Å². The summed E-state index contributed by atoms with van der Waals surface area (Å²) < 4.78 is 0. The Bertz CT molecular complexity index is 130. The Balaban J connectivity index is 2.27. The molecule has 12 heavy (non-hydrogen) atoms. The van der Waals surface area contributed by atoms with Crippen LogP contribution in [0.2, 0.25) is 0 Å². The molecular weight excluding hydrogens is 154 g/mol. The van der Waals surface area contributed by atoms with Crippen LogP contribution in [-0.4, -0.2) is 47.0 Å². The molecule has 0 saturated carbocycles. The summed E-state index contributed by atoms with van der Waals surface area (Å²) in [6.45, 7) is 6.36. The SMILES string of the molecule is CC[C@H](O)CN1CC(C)C(O)C1. The molecule has 2 unspecified atom stereocenters. The molecule has 1 fully saturated rings. The first-order valence-electron chi connectivity index (χ1n) is 4.72. The molecule has 0 aliphatic carbocycles. The Morgan fingerprint density at radius 1 is 1.50 bits per heavy atom. The van der Waals surface area contributed by atoms with E-state index in [1.54, 1.807) is 0 Å². The fraction of sp³-hybridized carbons (Fsp3) is 1.00. The molecule has 0 aromatic carbocycles. The van der Waals surface area contributed by atoms with Gasteiger partial charge in [-0.3, -0.25) is 4.90 Å². The van der Waals surface area contributed by atoms with Gasteiger partial charge in [0.1, 0.15) is 0 Å². The summed E-state index contributed by atoms with van der Waals surface area (Å²) in [6, 6.07) is 0. The molecule has 72 valence electrons. The van der Waals surface area contributed by atoms with Gasteiger partial charge in [0, 0.05) is 19.6 Å². The van der Waals surface area contributed by atoms with Gasteiger partial charge < -0.3 is 10.2 Å². The van der Waals surface area contributed by atoms with Crippen molar-refractivity contribution in [3.63, 3.8) is 0 Å². The number of rotatable bonds is 3. The normalized spacial score (nSPS) is 34.0. The average molecular weight is 173 g/mol. The highest BCUT2D eigenvalue weighted by Crippen LogP contribution is 2.16. The minimum atomic E-state index is -0.234. The molecule has 0 aromatic heterocycles. The zero-order valence-corrected chi connectivity index (χ0v) is 7.90. The van der Waals surface area contributed by atoms with Crippen LogP contribution in [0.4, 0.5) is 0 Å². The van der Waals surface area contributed by atoms with Gasteiger partial charge in [-0.15, -0.1) is 0 Å². The lowest BCUT2D eigenvalue weighted by atomic mass is 10.1. The summed E-state index contributed by atoms with van der Waals surface area (Å²) in [5.74, 6) is 0.356. The second kappa shape index (κ2) is 4.21. The molecule has 1 aliphatic rings. The molecule has 1 heterocycles. The predicted molar refractivity (Wildman–Crippen MR) is 47.9 cm³/mol. The Labute approximate surface area is 74.0 Å². The number of aliphatic hydroxyl groups excluding tert-OH is 2. The number of aliphatic hydroxyl groups is 2. The van der Waals surface area contributed by atoms with E-state index in [1.165, 1.54) is 0 Å². The minimum absolute atomic E-state index is 0.200. The number of hydrogen-bond donors (Lipinski definition) is 2. The van der Waals surface area contributed by atoms with Crippen molar-refractivity contribution in [1.29, 1.82) is 0 Å². The van der Waals surface area contributed by atoms with Gasteiger partial charge in [0.15, 0.2) is 0 Å². The Kier molecular flexibility index (Phi) is 3.50. The molecule has 0 spiro atoms. The van der Waals surface area contributed by atoms with E-state index in [0.29, 0.717) is 12.5 Å². The molecule has 1 aliphatic heterocycles. The van der Waals surface area contributed by atoms with Crippen LogP contribution in [0, 0.1) is 5.92 Å². The minimum Gasteiger partial charge on any atom is -0.392 e. The van der Waals surface area contributed by atoms with Crippen molar-refractivity contribution in [2.24, 2.45) is 5.92 Å². The predicted octanol–water partition coefficient (Wildman–Crippen LogP) is 0.0699. The van der Waals surface area contributed by atoms with Crippen molar-refractivity contribution < 1.29 is 10.2 Å². The van der Waals surface area contributed by atoms with E-state index in [4.69, 9.17) is 0 Å². The van der Waals surface area contributed by atoms with Crippen LogP contribution in [0.5, 0.6) is 0 Å². The lowest BCUT2D eigenvalue weighted by molar-refractivity contribution is 0.109. The van der Waals surface area contributed by atoms with Crippen molar-refractivity contribution in [2.75, 3.05) is 19.6 Å². The van der Waals surface area contributed by atoms with Crippen molar-refractivity contribution >= 4 is 0 Å². The first-order valence-corrected chi connectivity index (χ1v) is 4.72. The van der Waals surface area contributed by atoms with E-state index in [1.807, 2.05) is 13.8 Å². The third kappa shape index (κ3) is 2.44. The smallest absolute Gasteiger partial charge is 0.0704 e. The second-order valence-corrected chi connectivity index (χ2v) is 3.83. The van der Waals surface area contributed by atoms with E-state index in [0.717, 1.165) is 19.5 Å². The van der Waals surface area contributed by atoms with Gasteiger partial charge in [-0.25, -0.2) is 0 Å². The summed E-state index contributed by atoms with van der Waals surface area (Å²) in [5.41, 5.74) is 0. The topological polar surface area (TPSA) is 43.7 Å². The van der Waals surface area contributed by atoms with Gasteiger partial charge in [-0.05, 0) is 12.3 Å². The van der Waals surface area contributed by atoms with Crippen LogP contribution < -0.4 is 0 Å². The summed E-state index contributed by atoms with van der Waals surface area (Å²) in [5, 5.41) is 18.8. The van der Waals surface area contributed by atoms with E-state index < -0.39 is 0 Å². The molecule has 3 heteroatoms. The van der Waals surface area contributed by atoms with Gasteiger partial charge >= 0.3 is 0 Å². The Hall–Kier alpha value is -0.120. The average Bonchev–Trinajstić information content (AvgIpc) is 2.31. The highest BCUT2D eigenvalue weighted by molar-refractivity contribution is 4.81. The van der Waals surface area contributed by atoms with Crippen LogP contribution >= 0.6 is 0 Å². The number of β-amino-alcohol motifs (C(OH)–C–C–N with tert-alkyl or cyclic N) is 2. The molecule has 3 nitrogen and oxygen atoms in total. The van der Waals surface area contributed by atoms with Crippen molar-refractivity contribution in [2.45, 2.75) is 32.5 Å². The van der Waals surface area contributed by atoms with Crippen LogP contribution in [-0.2, 0) is 0 Å². The molecule has 2 N–H and O–H groups in total. The van der Waals surface area contributed by atoms with Crippen molar-refractivity contribution in [1.82, 2.24) is 4.90 Å². The fourth-order valence-electron chi connectivity index (χ4n) is 1.62. The monoisotopic (exact) mass is 173 g/mol. The molecule has 0 amide bonds. The maximum Gasteiger partial charge on any atom is 0.0704 e. The maximum atomic E-state index is 9.43. The van der Waals surface area contributed by atoms with Crippen LogP contribution in [0.15, 0.2) is 0 Å². The number of nitrogens with zero attached hydrogens (tertiary/aromatic N) is 1. The van der Waals surface area contributed by atoms with Crippen LogP contribution in [0.25, 0.3) is 0 Å². The lowest BCUT2D eigenvalue weighted by Gasteiger charge is -2.18. The summed E-state index contributed by atoms with van der Waals surface area (Å²) in [6.07, 6.45) is 0.359. The highest BCUT2D eigenvalue weighted by atomic mass is 16.3. The molecule has 0 bridgehead atoms. The van der Waals surface area contributed by atoms with E-state index in [9.17, 15) is 10.2 Å². The lowest BCUT2D eigenvalue weighted by Crippen LogP contribution is -2.30. The molecule has 0 radical (unpaired) electrons. The van der Waals surface area contributed by atoms with Gasteiger partial charge in [0.25, 0.3) is 0 Å². The second-order valence-electron chi connectivity index (χ2n) is 3.83. The number of likely N-dealkylation sites (tertiary alicyclic amines) is 1. The summed E-state index contributed by atoms with van der Waals surface area (Å²) in [7, 11) is 0. The van der Waals surface area contributed by atoms with Gasteiger partial charge in [-0.1, -0.05) is 13.8 Å². The summed E-state index contributed by atoms with van der Waals surface area (Å²) in [4.78, 5) is 2.13. The van der Waals surface area contributed by atoms with Gasteiger partial charge in [0.2, 0.25) is 0 Å². The van der Waals surface area contributed by atoms with E-state index >= 15 is 0 Å². The maximum absolute atomic E-state index is 9.43. The van der Waals surface area contributed by atoms with Gasteiger partial charge in [0.05, 0.1) is 12.2 Å².